The molecule has 1 aliphatic heterocycles. The van der Waals surface area contributed by atoms with Crippen molar-refractivity contribution in [3.8, 4) is 11.5 Å². The summed E-state index contributed by atoms with van der Waals surface area (Å²) in [6, 6.07) is 13.5. The Bertz CT molecular complexity index is 1150. The van der Waals surface area contributed by atoms with Crippen molar-refractivity contribution in [2.45, 2.75) is 50.8 Å². The molecule has 1 N–H and O–H groups in total. The maximum absolute atomic E-state index is 13.1. The molecule has 2 amide bonds. The highest BCUT2D eigenvalue weighted by atomic mass is 35.5. The minimum Gasteiger partial charge on any atom is -0.490 e. The lowest BCUT2D eigenvalue weighted by atomic mass is 9.83. The molecule has 1 saturated carbocycles. The molecular weight excluding hydrogens is 508 g/mol. The van der Waals surface area contributed by atoms with Crippen molar-refractivity contribution < 1.29 is 19.1 Å². The Morgan fingerprint density at radius 3 is 2.65 bits per heavy atom. The van der Waals surface area contributed by atoms with Crippen LogP contribution >= 0.6 is 23.4 Å². The molecule has 0 spiro atoms. The van der Waals surface area contributed by atoms with Crippen molar-refractivity contribution in [2.24, 2.45) is 5.92 Å². The Morgan fingerprint density at radius 2 is 1.89 bits per heavy atom. The van der Waals surface area contributed by atoms with E-state index in [2.05, 4.69) is 5.32 Å². The van der Waals surface area contributed by atoms with E-state index >= 15 is 0 Å². The third-order valence-corrected chi connectivity index (χ3v) is 8.69. The molecule has 2 aliphatic rings. The van der Waals surface area contributed by atoms with Crippen LogP contribution in [0.4, 0.5) is 0 Å². The van der Waals surface area contributed by atoms with E-state index < -0.39 is 0 Å². The van der Waals surface area contributed by atoms with Gasteiger partial charge >= 0.3 is 0 Å². The molecule has 2 aromatic carbocycles. The van der Waals surface area contributed by atoms with Gasteiger partial charge in [-0.05, 0) is 74.9 Å². The van der Waals surface area contributed by atoms with Gasteiger partial charge < -0.3 is 19.7 Å². The van der Waals surface area contributed by atoms with Gasteiger partial charge in [0, 0.05) is 35.8 Å². The second kappa shape index (κ2) is 12.7. The summed E-state index contributed by atoms with van der Waals surface area (Å²) >= 11 is 7.93. The summed E-state index contributed by atoms with van der Waals surface area (Å²) in [7, 11) is 1.85. The molecule has 4 rings (SSSR count). The van der Waals surface area contributed by atoms with Gasteiger partial charge in [0.2, 0.25) is 5.91 Å². The van der Waals surface area contributed by atoms with Crippen molar-refractivity contribution >= 4 is 41.3 Å². The number of nitrogens with one attached hydrogen (secondary N) is 1. The third-order valence-electron chi connectivity index (χ3n) is 6.95. The fraction of sp³-hybridized carbons (Fsp3) is 0.448. The van der Waals surface area contributed by atoms with E-state index in [1.54, 1.807) is 11.8 Å². The van der Waals surface area contributed by atoms with E-state index in [-0.39, 0.29) is 29.0 Å². The SMILES string of the molecule is CCOc1ccc(CCNC(=O)C2CCC3S/C(=C\c4ccccc4Cl)C(=O)N(C)C3C2)cc1OCC. The van der Waals surface area contributed by atoms with Crippen LogP contribution in [-0.4, -0.2) is 54.8 Å². The molecule has 37 heavy (non-hydrogen) atoms. The van der Waals surface area contributed by atoms with Crippen LogP contribution in [0.1, 0.15) is 44.2 Å². The summed E-state index contributed by atoms with van der Waals surface area (Å²) in [6.07, 6.45) is 4.99. The highest BCUT2D eigenvalue weighted by Crippen LogP contribution is 2.43. The topological polar surface area (TPSA) is 67.9 Å². The van der Waals surface area contributed by atoms with Crippen molar-refractivity contribution in [3.63, 3.8) is 0 Å². The van der Waals surface area contributed by atoms with Crippen molar-refractivity contribution in [1.82, 2.24) is 10.2 Å². The Morgan fingerprint density at radius 1 is 1.14 bits per heavy atom. The Kier molecular flexibility index (Phi) is 9.43. The van der Waals surface area contributed by atoms with E-state index in [1.165, 1.54) is 0 Å². The first-order valence-electron chi connectivity index (χ1n) is 13.0. The molecule has 3 atom stereocenters. The average Bonchev–Trinajstić information content (AvgIpc) is 2.90. The number of halogens is 1. The minimum atomic E-state index is -0.0921. The van der Waals surface area contributed by atoms with Crippen LogP contribution in [0.3, 0.4) is 0 Å². The monoisotopic (exact) mass is 542 g/mol. The van der Waals surface area contributed by atoms with Crippen LogP contribution < -0.4 is 14.8 Å². The number of amides is 2. The van der Waals surface area contributed by atoms with Gasteiger partial charge in [-0.2, -0.15) is 0 Å². The van der Waals surface area contributed by atoms with E-state index in [1.807, 2.05) is 74.3 Å². The number of rotatable bonds is 9. The predicted molar refractivity (Wildman–Crippen MR) is 150 cm³/mol. The molecule has 1 heterocycles. The smallest absolute Gasteiger partial charge is 0.260 e. The molecule has 0 bridgehead atoms. The molecule has 2 fully saturated rings. The number of carbonyl (C=O) groups excluding carboxylic acids is 2. The van der Waals surface area contributed by atoms with Crippen LogP contribution in [-0.2, 0) is 16.0 Å². The fourth-order valence-corrected chi connectivity index (χ4v) is 6.66. The summed E-state index contributed by atoms with van der Waals surface area (Å²) in [6.45, 7) is 5.59. The number of hydrogen-bond donors (Lipinski definition) is 1. The van der Waals surface area contributed by atoms with Gasteiger partial charge in [0.05, 0.1) is 18.1 Å². The largest absolute Gasteiger partial charge is 0.490 e. The summed E-state index contributed by atoms with van der Waals surface area (Å²) < 4.78 is 11.3. The Balaban J connectivity index is 1.32. The number of ether oxygens (including phenoxy) is 2. The molecule has 1 saturated heterocycles. The van der Waals surface area contributed by atoms with Gasteiger partial charge in [-0.1, -0.05) is 35.9 Å². The molecule has 6 nitrogen and oxygen atoms in total. The minimum absolute atomic E-state index is 0.00664. The van der Waals surface area contributed by atoms with E-state index in [0.717, 1.165) is 35.5 Å². The van der Waals surface area contributed by atoms with Crippen LogP contribution in [0.15, 0.2) is 47.4 Å². The summed E-state index contributed by atoms with van der Waals surface area (Å²) in [5, 5.41) is 4.03. The predicted octanol–water partition coefficient (Wildman–Crippen LogP) is 5.58. The van der Waals surface area contributed by atoms with Gasteiger partial charge in [0.1, 0.15) is 0 Å². The number of thioether (sulfide) groups is 1. The molecule has 0 aromatic heterocycles. The number of hydrogen-bond acceptors (Lipinski definition) is 5. The quantitative estimate of drug-likeness (QED) is 0.419. The summed E-state index contributed by atoms with van der Waals surface area (Å²) in [4.78, 5) is 28.7. The molecule has 8 heteroatoms. The number of fused-ring (bicyclic) bond motifs is 1. The lowest BCUT2D eigenvalue weighted by molar-refractivity contribution is -0.131. The lowest BCUT2D eigenvalue weighted by Crippen LogP contribution is -2.52. The number of likely N-dealkylation sites (N-methyl/N-ethyl adjacent to an activating group) is 1. The first kappa shape index (κ1) is 27.4. The van der Waals surface area contributed by atoms with Crippen molar-refractivity contribution in [2.75, 3.05) is 26.8 Å². The highest BCUT2D eigenvalue weighted by molar-refractivity contribution is 8.04. The van der Waals surface area contributed by atoms with Crippen molar-refractivity contribution in [3.05, 3.63) is 63.5 Å². The number of carbonyl (C=O) groups is 2. The second-order valence-corrected chi connectivity index (χ2v) is 11.1. The van der Waals surface area contributed by atoms with Gasteiger partial charge in [0.15, 0.2) is 11.5 Å². The first-order chi connectivity index (χ1) is 17.9. The lowest BCUT2D eigenvalue weighted by Gasteiger charge is -2.44. The highest BCUT2D eigenvalue weighted by Gasteiger charge is 2.42. The van der Waals surface area contributed by atoms with Crippen LogP contribution in [0, 0.1) is 5.92 Å². The van der Waals surface area contributed by atoms with Gasteiger partial charge in [-0.15, -0.1) is 11.8 Å². The van der Waals surface area contributed by atoms with E-state index in [9.17, 15) is 9.59 Å². The van der Waals surface area contributed by atoms with Gasteiger partial charge in [0.25, 0.3) is 5.91 Å². The maximum Gasteiger partial charge on any atom is 0.260 e. The maximum atomic E-state index is 13.1. The van der Waals surface area contributed by atoms with Gasteiger partial charge in [-0.25, -0.2) is 0 Å². The molecule has 2 aromatic rings. The summed E-state index contributed by atoms with van der Waals surface area (Å²) in [5.41, 5.74) is 1.93. The summed E-state index contributed by atoms with van der Waals surface area (Å²) in [5.74, 6) is 1.44. The zero-order valence-electron chi connectivity index (χ0n) is 21.7. The third kappa shape index (κ3) is 6.63. The first-order valence-corrected chi connectivity index (χ1v) is 14.2. The fourth-order valence-electron chi connectivity index (χ4n) is 4.99. The molecular formula is C29H35ClN2O4S. The average molecular weight is 543 g/mol. The normalized spacial score (nSPS) is 22.5. The van der Waals surface area contributed by atoms with Crippen LogP contribution in [0.25, 0.3) is 6.08 Å². The molecule has 3 unspecified atom stereocenters. The van der Waals surface area contributed by atoms with Crippen LogP contribution in [0.2, 0.25) is 5.02 Å². The molecule has 0 radical (unpaired) electrons. The standard InChI is InChI=1S/C29H35ClN2O4S/c1-4-35-24-12-10-19(16-25(24)36-5-2)14-15-31-28(33)21-11-13-26-23(17-21)32(3)29(34)27(37-26)18-20-8-6-7-9-22(20)30/h6-10,12,16,18,21,23,26H,4-5,11,13-15,17H2,1-3H3,(H,31,33)/b27-18-. The van der Waals surface area contributed by atoms with Crippen LogP contribution in [0.5, 0.6) is 11.5 Å². The molecule has 198 valence electrons. The Labute approximate surface area is 228 Å². The molecule has 1 aliphatic carbocycles. The second-order valence-electron chi connectivity index (χ2n) is 9.37. The number of benzene rings is 2. The van der Waals surface area contributed by atoms with E-state index in [0.29, 0.717) is 42.5 Å². The zero-order valence-corrected chi connectivity index (χ0v) is 23.2. The zero-order chi connectivity index (χ0) is 26.4. The van der Waals surface area contributed by atoms with Gasteiger partial charge in [-0.3, -0.25) is 9.59 Å². The Hall–Kier alpha value is -2.64. The van der Waals surface area contributed by atoms with Crippen molar-refractivity contribution in [1.29, 1.82) is 0 Å². The van der Waals surface area contributed by atoms with E-state index in [4.69, 9.17) is 21.1 Å². The number of nitrogens with zero attached hydrogens (tertiary/aromatic N) is 1.